The molecule has 1 aliphatic carbocycles. The first kappa shape index (κ1) is 14.5. The lowest BCUT2D eigenvalue weighted by Crippen LogP contribution is -2.35. The van der Waals surface area contributed by atoms with E-state index in [9.17, 15) is 0 Å². The van der Waals surface area contributed by atoms with E-state index in [-0.39, 0.29) is 0 Å². The van der Waals surface area contributed by atoms with Crippen LogP contribution >= 0.6 is 11.8 Å². The summed E-state index contributed by atoms with van der Waals surface area (Å²) in [6.07, 6.45) is 10.8. The van der Waals surface area contributed by atoms with Crippen molar-refractivity contribution in [3.05, 3.63) is 18.0 Å². The first-order valence-corrected chi connectivity index (χ1v) is 8.21. The van der Waals surface area contributed by atoms with Gasteiger partial charge in [-0.2, -0.15) is 11.8 Å². The minimum Gasteiger partial charge on any atom is -0.493 e. The highest BCUT2D eigenvalue weighted by Crippen LogP contribution is 2.39. The van der Waals surface area contributed by atoms with Gasteiger partial charge < -0.3 is 10.1 Å². The number of hydrogen-bond acceptors (Lipinski definition) is 4. The van der Waals surface area contributed by atoms with Crippen molar-refractivity contribution in [1.29, 1.82) is 0 Å². The summed E-state index contributed by atoms with van der Waals surface area (Å²) in [5.74, 6) is 0.831. The molecule has 0 spiro atoms. The van der Waals surface area contributed by atoms with Gasteiger partial charge in [-0.25, -0.2) is 0 Å². The van der Waals surface area contributed by atoms with Crippen molar-refractivity contribution in [2.24, 2.45) is 0 Å². The molecule has 106 valence electrons. The van der Waals surface area contributed by atoms with E-state index < -0.39 is 0 Å². The Kier molecular flexibility index (Phi) is 4.97. The van der Waals surface area contributed by atoms with Crippen LogP contribution in [0.15, 0.2) is 12.3 Å². The molecule has 1 N–H and O–H groups in total. The number of nitrogens with one attached hydrogen (secondary N) is 1. The summed E-state index contributed by atoms with van der Waals surface area (Å²) < 4.78 is 5.76. The molecule has 3 nitrogen and oxygen atoms in total. The largest absolute Gasteiger partial charge is 0.493 e. The molecule has 1 aliphatic rings. The minimum absolute atomic E-state index is 0.389. The lowest BCUT2D eigenvalue weighted by atomic mass is 9.88. The number of rotatable bonds is 5. The maximum Gasteiger partial charge on any atom is 0.160 e. The topological polar surface area (TPSA) is 34.1 Å². The lowest BCUT2D eigenvalue weighted by Gasteiger charge is -2.36. The maximum absolute atomic E-state index is 5.37. The molecule has 0 unspecified atom stereocenters. The third-order valence-electron chi connectivity index (χ3n) is 4.02. The molecule has 1 fully saturated rings. The molecular formula is C15H24N2OS. The van der Waals surface area contributed by atoms with Gasteiger partial charge in [0.05, 0.1) is 19.0 Å². The van der Waals surface area contributed by atoms with Crippen LogP contribution in [0.25, 0.3) is 0 Å². The summed E-state index contributed by atoms with van der Waals surface area (Å²) >= 11 is 2.01. The highest BCUT2D eigenvalue weighted by molar-refractivity contribution is 8.00. The summed E-state index contributed by atoms with van der Waals surface area (Å²) in [4.78, 5) is 4.27. The summed E-state index contributed by atoms with van der Waals surface area (Å²) in [6.45, 7) is 3.02. The molecule has 0 saturated heterocycles. The first-order valence-electron chi connectivity index (χ1n) is 6.99. The average molecular weight is 280 g/mol. The zero-order chi connectivity index (χ0) is 13.7. The van der Waals surface area contributed by atoms with E-state index in [4.69, 9.17) is 4.74 Å². The van der Waals surface area contributed by atoms with Crippen molar-refractivity contribution < 1.29 is 4.74 Å². The Hall–Kier alpha value is -0.900. The Labute approximate surface area is 120 Å². The molecule has 0 radical (unpaired) electrons. The third kappa shape index (κ3) is 3.56. The highest BCUT2D eigenvalue weighted by Gasteiger charge is 2.31. The number of aryl methyl sites for hydroxylation is 1. The predicted molar refractivity (Wildman–Crippen MR) is 83.3 cm³/mol. The van der Waals surface area contributed by atoms with Gasteiger partial charge >= 0.3 is 0 Å². The van der Waals surface area contributed by atoms with E-state index in [0.29, 0.717) is 4.75 Å². The summed E-state index contributed by atoms with van der Waals surface area (Å²) in [7, 11) is 1.70. The standard InChI is InChI=1S/C15H24N2OS/c1-12-9-13(14(18-2)10-16-12)17-11-15(19-3)7-5-4-6-8-15/h9-10H,4-8,11H2,1-3H3,(H,16,17). The van der Waals surface area contributed by atoms with Gasteiger partial charge in [-0.15, -0.1) is 0 Å². The fourth-order valence-corrected chi connectivity index (χ4v) is 3.67. The Morgan fingerprint density at radius 1 is 1.37 bits per heavy atom. The van der Waals surface area contributed by atoms with Crippen molar-refractivity contribution >= 4 is 17.4 Å². The van der Waals surface area contributed by atoms with E-state index in [1.165, 1.54) is 32.1 Å². The monoisotopic (exact) mass is 280 g/mol. The zero-order valence-corrected chi connectivity index (χ0v) is 13.0. The quantitative estimate of drug-likeness (QED) is 0.887. The van der Waals surface area contributed by atoms with Crippen LogP contribution in [0, 0.1) is 6.92 Å². The molecule has 0 atom stereocenters. The summed E-state index contributed by atoms with van der Waals surface area (Å²) in [5.41, 5.74) is 2.08. The van der Waals surface area contributed by atoms with Gasteiger partial charge in [-0.3, -0.25) is 4.98 Å². The molecule has 0 aliphatic heterocycles. The summed E-state index contributed by atoms with van der Waals surface area (Å²) in [6, 6.07) is 2.07. The van der Waals surface area contributed by atoms with Gasteiger partial charge in [0.1, 0.15) is 0 Å². The van der Waals surface area contributed by atoms with Crippen LogP contribution in [-0.4, -0.2) is 29.6 Å². The minimum atomic E-state index is 0.389. The second kappa shape index (κ2) is 6.51. The number of methoxy groups -OCH3 is 1. The van der Waals surface area contributed by atoms with Gasteiger partial charge in [0.25, 0.3) is 0 Å². The van der Waals surface area contributed by atoms with Crippen LogP contribution in [0.3, 0.4) is 0 Å². The van der Waals surface area contributed by atoms with Gasteiger partial charge in [-0.05, 0) is 32.1 Å². The summed E-state index contributed by atoms with van der Waals surface area (Å²) in [5, 5.41) is 3.58. The van der Waals surface area contributed by atoms with Crippen LogP contribution in [-0.2, 0) is 0 Å². The van der Waals surface area contributed by atoms with E-state index in [0.717, 1.165) is 23.7 Å². The van der Waals surface area contributed by atoms with Crippen molar-refractivity contribution in [2.75, 3.05) is 25.2 Å². The van der Waals surface area contributed by atoms with E-state index in [1.807, 2.05) is 18.7 Å². The van der Waals surface area contributed by atoms with Crippen LogP contribution in [0.1, 0.15) is 37.8 Å². The number of thioether (sulfide) groups is 1. The fourth-order valence-electron chi connectivity index (χ4n) is 2.75. The predicted octanol–water partition coefficient (Wildman–Crippen LogP) is 3.88. The van der Waals surface area contributed by atoms with E-state index in [1.54, 1.807) is 13.3 Å². The Morgan fingerprint density at radius 2 is 2.11 bits per heavy atom. The highest BCUT2D eigenvalue weighted by atomic mass is 32.2. The number of ether oxygens (including phenoxy) is 1. The second-order valence-corrected chi connectivity index (χ2v) is 6.60. The van der Waals surface area contributed by atoms with Gasteiger partial charge in [0.2, 0.25) is 0 Å². The molecule has 19 heavy (non-hydrogen) atoms. The zero-order valence-electron chi connectivity index (χ0n) is 12.2. The Bertz CT molecular complexity index is 417. The number of hydrogen-bond donors (Lipinski definition) is 1. The van der Waals surface area contributed by atoms with E-state index in [2.05, 4.69) is 22.6 Å². The lowest BCUT2D eigenvalue weighted by molar-refractivity contribution is 0.405. The molecule has 0 amide bonds. The molecular weight excluding hydrogens is 256 g/mol. The number of pyridine rings is 1. The van der Waals surface area contributed by atoms with Crippen molar-refractivity contribution in [3.8, 4) is 5.75 Å². The SMILES string of the molecule is COc1cnc(C)cc1NCC1(SC)CCCCC1. The third-order valence-corrected chi connectivity index (χ3v) is 5.44. The molecule has 1 aromatic rings. The molecule has 1 heterocycles. The van der Waals surface area contributed by atoms with E-state index >= 15 is 0 Å². The van der Waals surface area contributed by atoms with Crippen LogP contribution in [0.5, 0.6) is 5.75 Å². The van der Waals surface area contributed by atoms with Crippen LogP contribution in [0.2, 0.25) is 0 Å². The molecule has 2 rings (SSSR count). The smallest absolute Gasteiger partial charge is 0.160 e. The molecule has 0 bridgehead atoms. The van der Waals surface area contributed by atoms with Crippen molar-refractivity contribution in [3.63, 3.8) is 0 Å². The maximum atomic E-state index is 5.37. The normalized spacial score (nSPS) is 18.1. The number of nitrogens with zero attached hydrogens (tertiary/aromatic N) is 1. The van der Waals surface area contributed by atoms with Crippen molar-refractivity contribution in [2.45, 2.75) is 43.8 Å². The molecule has 1 aromatic heterocycles. The van der Waals surface area contributed by atoms with Crippen LogP contribution in [0.4, 0.5) is 5.69 Å². The van der Waals surface area contributed by atoms with Gasteiger partial charge in [0, 0.05) is 17.0 Å². The number of anilines is 1. The average Bonchev–Trinajstić information content (AvgIpc) is 2.46. The Morgan fingerprint density at radius 3 is 2.74 bits per heavy atom. The van der Waals surface area contributed by atoms with Crippen molar-refractivity contribution in [1.82, 2.24) is 4.98 Å². The second-order valence-electron chi connectivity index (χ2n) is 5.33. The van der Waals surface area contributed by atoms with Gasteiger partial charge in [-0.1, -0.05) is 19.3 Å². The van der Waals surface area contributed by atoms with Gasteiger partial charge in [0.15, 0.2) is 5.75 Å². The number of aromatic nitrogens is 1. The molecule has 4 heteroatoms. The molecule has 1 saturated carbocycles. The first-order chi connectivity index (χ1) is 9.19. The van der Waals surface area contributed by atoms with Crippen LogP contribution < -0.4 is 10.1 Å². The fraction of sp³-hybridized carbons (Fsp3) is 0.667. The Balaban J connectivity index is 2.06. The molecule has 0 aromatic carbocycles.